The third-order valence-corrected chi connectivity index (χ3v) is 5.31. The molecular weight excluding hydrogens is 266 g/mol. The third-order valence-electron chi connectivity index (χ3n) is 5.31. The summed E-state index contributed by atoms with van der Waals surface area (Å²) in [6.07, 6.45) is 6.25. The molecule has 0 saturated carbocycles. The number of amides is 2. The Kier molecular flexibility index (Phi) is 4.48. The molecule has 0 aromatic carbocycles. The minimum Gasteiger partial charge on any atom is -0.342 e. The normalized spacial score (nSPS) is 30.9. The summed E-state index contributed by atoms with van der Waals surface area (Å²) in [7, 11) is 2.03. The van der Waals surface area contributed by atoms with Gasteiger partial charge in [0.2, 0.25) is 11.8 Å². The zero-order valence-corrected chi connectivity index (χ0v) is 13.1. The molecule has 0 radical (unpaired) electrons. The summed E-state index contributed by atoms with van der Waals surface area (Å²) in [5.74, 6) is 0.561. The van der Waals surface area contributed by atoms with Crippen molar-refractivity contribution in [2.75, 3.05) is 39.8 Å². The van der Waals surface area contributed by atoms with Gasteiger partial charge in [0.1, 0.15) is 0 Å². The van der Waals surface area contributed by atoms with E-state index in [1.54, 1.807) is 0 Å². The lowest BCUT2D eigenvalue weighted by Gasteiger charge is -2.36. The molecule has 3 aliphatic rings. The van der Waals surface area contributed by atoms with Crippen LogP contribution in [0.2, 0.25) is 0 Å². The predicted octanol–water partition coefficient (Wildman–Crippen LogP) is 0.942. The van der Waals surface area contributed by atoms with Crippen molar-refractivity contribution in [1.82, 2.24) is 14.7 Å². The molecule has 3 fully saturated rings. The Morgan fingerprint density at radius 1 is 0.810 bits per heavy atom. The average molecular weight is 293 g/mol. The highest BCUT2D eigenvalue weighted by atomic mass is 16.2. The first-order valence-corrected chi connectivity index (χ1v) is 8.44. The number of piperidine rings is 1. The van der Waals surface area contributed by atoms with E-state index < -0.39 is 0 Å². The Balaban J connectivity index is 1.59. The number of carbonyl (C=O) groups excluding carboxylic acids is 2. The van der Waals surface area contributed by atoms with E-state index >= 15 is 0 Å². The Bertz CT molecular complexity index is 406. The van der Waals surface area contributed by atoms with Crippen LogP contribution in [0.5, 0.6) is 0 Å². The molecule has 0 spiro atoms. The van der Waals surface area contributed by atoms with Crippen LogP contribution in [0.4, 0.5) is 0 Å². The van der Waals surface area contributed by atoms with Gasteiger partial charge in [-0.15, -0.1) is 0 Å². The fourth-order valence-corrected chi connectivity index (χ4v) is 4.01. The minimum absolute atomic E-state index is 0.0347. The summed E-state index contributed by atoms with van der Waals surface area (Å²) in [4.78, 5) is 31.3. The number of likely N-dealkylation sites (tertiary alicyclic amines) is 3. The van der Waals surface area contributed by atoms with Crippen LogP contribution in [0, 0.1) is 5.92 Å². The van der Waals surface area contributed by atoms with Crippen LogP contribution in [0.3, 0.4) is 0 Å². The molecule has 5 nitrogen and oxygen atoms in total. The number of rotatable bonds is 2. The monoisotopic (exact) mass is 293 g/mol. The Hall–Kier alpha value is -1.10. The molecule has 0 N–H and O–H groups in total. The van der Waals surface area contributed by atoms with Gasteiger partial charge in [-0.3, -0.25) is 14.5 Å². The molecule has 5 heteroatoms. The van der Waals surface area contributed by atoms with E-state index in [1.807, 2.05) is 16.8 Å². The van der Waals surface area contributed by atoms with Crippen molar-refractivity contribution in [3.63, 3.8) is 0 Å². The maximum absolute atomic E-state index is 12.7. The van der Waals surface area contributed by atoms with Crippen molar-refractivity contribution >= 4 is 11.8 Å². The molecule has 0 aromatic rings. The maximum atomic E-state index is 12.7. The molecule has 2 unspecified atom stereocenters. The fourth-order valence-electron chi connectivity index (χ4n) is 4.01. The van der Waals surface area contributed by atoms with Gasteiger partial charge < -0.3 is 9.80 Å². The molecule has 3 aliphatic heterocycles. The zero-order chi connectivity index (χ0) is 14.8. The van der Waals surface area contributed by atoms with Gasteiger partial charge in [-0.1, -0.05) is 0 Å². The second kappa shape index (κ2) is 6.34. The lowest BCUT2D eigenvalue weighted by molar-refractivity contribution is -0.142. The molecule has 0 bridgehead atoms. The van der Waals surface area contributed by atoms with Crippen LogP contribution in [0.25, 0.3) is 0 Å². The molecule has 0 aliphatic carbocycles. The van der Waals surface area contributed by atoms with E-state index in [4.69, 9.17) is 0 Å². The van der Waals surface area contributed by atoms with Crippen molar-refractivity contribution in [3.05, 3.63) is 0 Å². The molecule has 2 amide bonds. The summed E-state index contributed by atoms with van der Waals surface area (Å²) < 4.78 is 0. The van der Waals surface area contributed by atoms with E-state index in [-0.39, 0.29) is 23.8 Å². The SMILES string of the molecule is CN1CCCC1C(=O)N1CCCC(C(=O)N2CCCC2)C1. The van der Waals surface area contributed by atoms with Crippen molar-refractivity contribution in [2.45, 2.75) is 44.6 Å². The Morgan fingerprint density at radius 3 is 2.14 bits per heavy atom. The standard InChI is InChI=1S/C16H27N3O2/c1-17-8-5-7-14(17)16(21)19-11-4-6-13(12-19)15(20)18-9-2-3-10-18/h13-14H,2-12H2,1H3. The van der Waals surface area contributed by atoms with Crippen LogP contribution in [0.1, 0.15) is 38.5 Å². The van der Waals surface area contributed by atoms with Crippen LogP contribution in [-0.2, 0) is 9.59 Å². The highest BCUT2D eigenvalue weighted by Gasteiger charge is 2.36. The van der Waals surface area contributed by atoms with Crippen LogP contribution >= 0.6 is 0 Å². The van der Waals surface area contributed by atoms with Gasteiger partial charge in [-0.2, -0.15) is 0 Å². The van der Waals surface area contributed by atoms with E-state index in [2.05, 4.69) is 4.90 Å². The van der Waals surface area contributed by atoms with Crippen LogP contribution < -0.4 is 0 Å². The maximum Gasteiger partial charge on any atom is 0.239 e. The van der Waals surface area contributed by atoms with Crippen molar-refractivity contribution < 1.29 is 9.59 Å². The molecular formula is C16H27N3O2. The van der Waals surface area contributed by atoms with Gasteiger partial charge in [0.15, 0.2) is 0 Å². The van der Waals surface area contributed by atoms with Gasteiger partial charge in [0, 0.05) is 26.2 Å². The van der Waals surface area contributed by atoms with Crippen LogP contribution in [-0.4, -0.2) is 72.3 Å². The van der Waals surface area contributed by atoms with E-state index in [1.165, 1.54) is 0 Å². The van der Waals surface area contributed by atoms with Crippen LogP contribution in [0.15, 0.2) is 0 Å². The predicted molar refractivity (Wildman–Crippen MR) is 80.8 cm³/mol. The smallest absolute Gasteiger partial charge is 0.239 e. The van der Waals surface area contributed by atoms with Gasteiger partial charge in [-0.25, -0.2) is 0 Å². The van der Waals surface area contributed by atoms with E-state index in [9.17, 15) is 9.59 Å². The van der Waals surface area contributed by atoms with E-state index in [0.717, 1.165) is 64.7 Å². The first kappa shape index (κ1) is 14.8. The largest absolute Gasteiger partial charge is 0.342 e. The minimum atomic E-state index is 0.0347. The first-order chi connectivity index (χ1) is 10.2. The lowest BCUT2D eigenvalue weighted by atomic mass is 9.95. The number of nitrogens with zero attached hydrogens (tertiary/aromatic N) is 3. The highest BCUT2D eigenvalue weighted by Crippen LogP contribution is 2.24. The molecule has 21 heavy (non-hydrogen) atoms. The summed E-state index contributed by atoms with van der Waals surface area (Å²) in [6.45, 7) is 4.30. The summed E-state index contributed by atoms with van der Waals surface area (Å²) in [5.41, 5.74) is 0. The Morgan fingerprint density at radius 2 is 1.48 bits per heavy atom. The number of hydrogen-bond donors (Lipinski definition) is 0. The molecule has 3 saturated heterocycles. The third kappa shape index (κ3) is 3.07. The summed E-state index contributed by atoms with van der Waals surface area (Å²) >= 11 is 0. The number of carbonyl (C=O) groups is 2. The van der Waals surface area contributed by atoms with Crippen molar-refractivity contribution in [1.29, 1.82) is 0 Å². The van der Waals surface area contributed by atoms with Gasteiger partial charge in [0.05, 0.1) is 12.0 Å². The lowest BCUT2D eigenvalue weighted by Crippen LogP contribution is -2.51. The van der Waals surface area contributed by atoms with Gasteiger partial charge in [0.25, 0.3) is 0 Å². The van der Waals surface area contributed by atoms with Crippen molar-refractivity contribution in [3.8, 4) is 0 Å². The second-order valence-corrected chi connectivity index (χ2v) is 6.79. The fraction of sp³-hybridized carbons (Fsp3) is 0.875. The summed E-state index contributed by atoms with van der Waals surface area (Å²) in [6, 6.07) is 0.0469. The number of likely N-dealkylation sites (N-methyl/N-ethyl adjacent to an activating group) is 1. The zero-order valence-electron chi connectivity index (χ0n) is 13.1. The molecule has 2 atom stereocenters. The molecule has 3 heterocycles. The van der Waals surface area contributed by atoms with Gasteiger partial charge in [-0.05, 0) is 52.1 Å². The average Bonchev–Trinajstić information content (AvgIpc) is 3.17. The molecule has 118 valence electrons. The molecule has 0 aromatic heterocycles. The van der Waals surface area contributed by atoms with Crippen molar-refractivity contribution in [2.24, 2.45) is 5.92 Å². The number of hydrogen-bond acceptors (Lipinski definition) is 3. The van der Waals surface area contributed by atoms with E-state index in [0.29, 0.717) is 6.54 Å². The quantitative estimate of drug-likeness (QED) is 0.761. The first-order valence-electron chi connectivity index (χ1n) is 8.44. The topological polar surface area (TPSA) is 43.9 Å². The molecule has 3 rings (SSSR count). The Labute approximate surface area is 127 Å². The highest BCUT2D eigenvalue weighted by molar-refractivity contribution is 5.84. The van der Waals surface area contributed by atoms with Gasteiger partial charge >= 0.3 is 0 Å². The summed E-state index contributed by atoms with van der Waals surface area (Å²) in [5, 5.41) is 0. The second-order valence-electron chi connectivity index (χ2n) is 6.79.